The molecule has 5 nitrogen and oxygen atoms in total. The van der Waals surface area contributed by atoms with Crippen LogP contribution in [-0.4, -0.2) is 20.7 Å². The molecule has 0 bridgehead atoms. The van der Waals surface area contributed by atoms with Crippen LogP contribution in [0.4, 0.5) is 0 Å². The number of nitrogens with zero attached hydrogens (tertiary/aromatic N) is 4. The quantitative estimate of drug-likeness (QED) is 0.340. The van der Waals surface area contributed by atoms with Gasteiger partial charge in [0.1, 0.15) is 11.2 Å². The summed E-state index contributed by atoms with van der Waals surface area (Å²) in [6.07, 6.45) is -0.419. The van der Waals surface area contributed by atoms with Gasteiger partial charge >= 0.3 is 0 Å². The normalized spacial score (nSPS) is 12.5. The lowest BCUT2D eigenvalue weighted by atomic mass is 9.94. The van der Waals surface area contributed by atoms with Gasteiger partial charge in [0.15, 0.2) is 0 Å². The van der Waals surface area contributed by atoms with Crippen LogP contribution < -0.4 is 0 Å². The highest BCUT2D eigenvalue weighted by Gasteiger charge is 2.31. The van der Waals surface area contributed by atoms with E-state index in [1.165, 1.54) is 0 Å². The molecule has 5 heteroatoms. The van der Waals surface area contributed by atoms with Crippen LogP contribution in [0, 0.1) is 5.41 Å². The molecule has 0 spiro atoms. The van der Waals surface area contributed by atoms with Gasteiger partial charge in [0.05, 0.1) is 5.52 Å². The van der Waals surface area contributed by atoms with Crippen LogP contribution in [0.1, 0.15) is 38.1 Å². The van der Waals surface area contributed by atoms with Crippen molar-refractivity contribution >= 4 is 16.7 Å². The zero-order chi connectivity index (χ0) is 20.3. The van der Waals surface area contributed by atoms with E-state index in [1.807, 2.05) is 89.6 Å². The topological polar surface area (TPSA) is 52.3 Å². The van der Waals surface area contributed by atoms with Crippen molar-refractivity contribution in [3.05, 3.63) is 96.1 Å². The number of aromatic nitrogens is 3. The summed E-state index contributed by atoms with van der Waals surface area (Å²) in [6, 6.07) is 28.0. The second-order valence-electron chi connectivity index (χ2n) is 8.02. The average molecular weight is 384 g/mol. The summed E-state index contributed by atoms with van der Waals surface area (Å²) in [4.78, 5) is 6.18. The second-order valence-corrected chi connectivity index (χ2v) is 8.02. The van der Waals surface area contributed by atoms with Gasteiger partial charge < -0.3 is 4.84 Å². The summed E-state index contributed by atoms with van der Waals surface area (Å²) in [5, 5.41) is 13.3. The van der Waals surface area contributed by atoms with E-state index < -0.39 is 6.23 Å². The highest BCUT2D eigenvalue weighted by molar-refractivity contribution is 6.12. The summed E-state index contributed by atoms with van der Waals surface area (Å²) < 4.78 is 1.81. The van der Waals surface area contributed by atoms with Gasteiger partial charge in [0.25, 0.3) is 0 Å². The maximum Gasteiger partial charge on any atom is 0.225 e. The van der Waals surface area contributed by atoms with E-state index in [1.54, 1.807) is 0 Å². The minimum Gasteiger partial charge on any atom is -0.367 e. The fourth-order valence-corrected chi connectivity index (χ4v) is 3.20. The van der Waals surface area contributed by atoms with Crippen LogP contribution in [0.2, 0.25) is 0 Å². The van der Waals surface area contributed by atoms with E-state index in [-0.39, 0.29) is 5.41 Å². The van der Waals surface area contributed by atoms with Crippen molar-refractivity contribution in [2.75, 3.05) is 0 Å². The lowest BCUT2D eigenvalue weighted by Crippen LogP contribution is -2.27. The Balaban J connectivity index is 1.77. The van der Waals surface area contributed by atoms with Crippen molar-refractivity contribution in [3.8, 4) is 0 Å². The molecule has 0 saturated carbocycles. The van der Waals surface area contributed by atoms with Crippen molar-refractivity contribution in [2.45, 2.75) is 27.0 Å². The molecule has 1 heterocycles. The van der Waals surface area contributed by atoms with Crippen molar-refractivity contribution in [1.82, 2.24) is 15.0 Å². The van der Waals surface area contributed by atoms with E-state index >= 15 is 0 Å². The standard InChI is InChI=1S/C24H24N4O/c1-24(2,3)23(28-21-17-11-10-16-20(21)25-27-28)29-26-22(18-12-6-4-7-13-18)19-14-8-5-9-15-19/h4-17,23H,1-3H3. The summed E-state index contributed by atoms with van der Waals surface area (Å²) in [7, 11) is 0. The van der Waals surface area contributed by atoms with Crippen LogP contribution >= 0.6 is 0 Å². The highest BCUT2D eigenvalue weighted by atomic mass is 16.7. The number of fused-ring (bicyclic) bond motifs is 1. The van der Waals surface area contributed by atoms with Gasteiger partial charge in [0, 0.05) is 16.5 Å². The van der Waals surface area contributed by atoms with Gasteiger partial charge in [-0.2, -0.15) is 0 Å². The van der Waals surface area contributed by atoms with E-state index in [0.29, 0.717) is 0 Å². The summed E-state index contributed by atoms with van der Waals surface area (Å²) in [5.41, 5.74) is 4.28. The van der Waals surface area contributed by atoms with Gasteiger partial charge in [-0.05, 0) is 12.1 Å². The molecule has 4 aromatic rings. The Hall–Kier alpha value is -3.47. The molecule has 3 aromatic carbocycles. The molecule has 0 saturated heterocycles. The Morgan fingerprint density at radius 3 is 1.97 bits per heavy atom. The number of benzene rings is 3. The predicted molar refractivity (Wildman–Crippen MR) is 116 cm³/mol. The number of hydrogen-bond acceptors (Lipinski definition) is 4. The minimum atomic E-state index is -0.419. The molecule has 0 fully saturated rings. The van der Waals surface area contributed by atoms with Gasteiger partial charge in [-0.3, -0.25) is 0 Å². The Morgan fingerprint density at radius 2 is 1.38 bits per heavy atom. The summed E-state index contributed by atoms with van der Waals surface area (Å²) >= 11 is 0. The highest BCUT2D eigenvalue weighted by Crippen LogP contribution is 2.33. The molecule has 0 amide bonds. The molecule has 146 valence electrons. The smallest absolute Gasteiger partial charge is 0.225 e. The van der Waals surface area contributed by atoms with Gasteiger partial charge in [0.2, 0.25) is 6.23 Å². The molecule has 0 aliphatic rings. The molecule has 4 rings (SSSR count). The zero-order valence-corrected chi connectivity index (χ0v) is 16.9. The number of oxime groups is 1. The third-order valence-electron chi connectivity index (χ3n) is 4.68. The van der Waals surface area contributed by atoms with Crippen molar-refractivity contribution in [1.29, 1.82) is 0 Å². The molecule has 29 heavy (non-hydrogen) atoms. The third kappa shape index (κ3) is 4.04. The van der Waals surface area contributed by atoms with Crippen LogP contribution in [0.3, 0.4) is 0 Å². The van der Waals surface area contributed by atoms with Gasteiger partial charge in [-0.15, -0.1) is 5.10 Å². The maximum atomic E-state index is 6.18. The van der Waals surface area contributed by atoms with Crippen LogP contribution in [0.25, 0.3) is 11.0 Å². The number of hydrogen-bond donors (Lipinski definition) is 0. The lowest BCUT2D eigenvalue weighted by molar-refractivity contribution is -0.0731. The van der Waals surface area contributed by atoms with Crippen LogP contribution in [0.5, 0.6) is 0 Å². The van der Waals surface area contributed by atoms with Crippen molar-refractivity contribution in [3.63, 3.8) is 0 Å². The average Bonchev–Trinajstić information content (AvgIpc) is 3.15. The molecule has 0 radical (unpaired) electrons. The molecule has 1 aromatic heterocycles. The van der Waals surface area contributed by atoms with E-state index in [9.17, 15) is 0 Å². The van der Waals surface area contributed by atoms with Gasteiger partial charge in [-0.25, -0.2) is 4.68 Å². The summed E-state index contributed by atoms with van der Waals surface area (Å²) in [6.45, 7) is 6.32. The fourth-order valence-electron chi connectivity index (χ4n) is 3.20. The predicted octanol–water partition coefficient (Wildman–Crippen LogP) is 5.45. The first-order valence-corrected chi connectivity index (χ1v) is 9.68. The van der Waals surface area contributed by atoms with Crippen LogP contribution in [-0.2, 0) is 4.84 Å². The zero-order valence-electron chi connectivity index (χ0n) is 16.9. The van der Waals surface area contributed by atoms with E-state index in [2.05, 4.69) is 36.2 Å². The minimum absolute atomic E-state index is 0.252. The number of rotatable bonds is 5. The molecular formula is C24H24N4O. The van der Waals surface area contributed by atoms with Crippen molar-refractivity contribution < 1.29 is 4.84 Å². The Kier molecular flexibility index (Phi) is 5.12. The SMILES string of the molecule is CC(C)(C)C(ON=C(c1ccccc1)c1ccccc1)n1nnc2ccccc21. The monoisotopic (exact) mass is 384 g/mol. The third-order valence-corrected chi connectivity index (χ3v) is 4.68. The molecule has 1 atom stereocenters. The Labute approximate surface area is 170 Å². The molecule has 0 aliphatic carbocycles. The first kappa shape index (κ1) is 18.9. The molecule has 0 aliphatic heterocycles. The molecular weight excluding hydrogens is 360 g/mol. The number of para-hydroxylation sites is 1. The largest absolute Gasteiger partial charge is 0.367 e. The maximum absolute atomic E-state index is 6.18. The first-order valence-electron chi connectivity index (χ1n) is 9.68. The van der Waals surface area contributed by atoms with E-state index in [0.717, 1.165) is 27.9 Å². The van der Waals surface area contributed by atoms with Crippen LogP contribution in [0.15, 0.2) is 90.1 Å². The summed E-state index contributed by atoms with van der Waals surface area (Å²) in [5.74, 6) is 0. The fraction of sp³-hybridized carbons (Fsp3) is 0.208. The van der Waals surface area contributed by atoms with Gasteiger partial charge in [-0.1, -0.05) is 104 Å². The Bertz CT molecular complexity index is 1070. The Morgan fingerprint density at radius 1 is 0.828 bits per heavy atom. The molecule has 1 unspecified atom stereocenters. The van der Waals surface area contributed by atoms with Crippen molar-refractivity contribution in [2.24, 2.45) is 10.6 Å². The lowest BCUT2D eigenvalue weighted by Gasteiger charge is -2.28. The second kappa shape index (κ2) is 7.87. The molecule has 0 N–H and O–H groups in total. The van der Waals surface area contributed by atoms with E-state index in [4.69, 9.17) is 4.84 Å². The first-order chi connectivity index (χ1) is 14.0.